The zero-order valence-electron chi connectivity index (χ0n) is 34.4. The topological polar surface area (TPSA) is 224 Å². The number of aromatic amines is 2. The van der Waals surface area contributed by atoms with E-state index >= 15 is 0 Å². The maximum absolute atomic E-state index is 12.7. The molecule has 0 saturated heterocycles. The maximum atomic E-state index is 12.7. The van der Waals surface area contributed by atoms with Gasteiger partial charge in [0, 0.05) is 69.9 Å². The molecule has 4 heterocycles. The largest absolute Gasteiger partial charge is 0.534 e. The SMILES string of the molecule is COc1ccc(-c2n[nH]c3c2CN(C(=O)Nc2cccc(Cl)c2)CC3)cc1.COc1ccc(B(O)O)cc1.O=C(Nc1cccc(Cl)c1)N1CCc2[nH]nc(OS(=O)(=O)C(F)(F)F)c2C1. The molecule has 342 valence electrons. The predicted molar refractivity (Wildman–Crippen MR) is 237 cm³/mol. The second-order valence-electron chi connectivity index (χ2n) is 14.1. The molecule has 2 aliphatic rings. The highest BCUT2D eigenvalue weighted by Crippen LogP contribution is 2.33. The molecule has 2 aliphatic heterocycles. The zero-order valence-corrected chi connectivity index (χ0v) is 36.7. The maximum Gasteiger partial charge on any atom is 0.534 e. The van der Waals surface area contributed by atoms with E-state index in [2.05, 4.69) is 35.2 Å². The highest BCUT2D eigenvalue weighted by atomic mass is 35.5. The Kier molecular flexibility index (Phi) is 15.5. The molecule has 0 atom stereocenters. The van der Waals surface area contributed by atoms with Gasteiger partial charge < -0.3 is 44.1 Å². The average Bonchev–Trinajstić information content (AvgIpc) is 3.89. The van der Waals surface area contributed by atoms with Gasteiger partial charge in [0.15, 0.2) is 0 Å². The Morgan fingerprint density at radius 3 is 1.69 bits per heavy atom. The molecule has 65 heavy (non-hydrogen) atoms. The van der Waals surface area contributed by atoms with Crippen molar-refractivity contribution >= 4 is 69.3 Å². The van der Waals surface area contributed by atoms with Crippen molar-refractivity contribution in [2.45, 2.75) is 31.4 Å². The van der Waals surface area contributed by atoms with Crippen LogP contribution in [0.2, 0.25) is 10.0 Å². The summed E-state index contributed by atoms with van der Waals surface area (Å²) in [6.07, 6.45) is 0.974. The minimum absolute atomic E-state index is 0.0651. The van der Waals surface area contributed by atoms with E-state index in [0.717, 1.165) is 34.7 Å². The molecule has 0 aliphatic carbocycles. The summed E-state index contributed by atoms with van der Waals surface area (Å²) in [6.45, 7) is 1.19. The lowest BCUT2D eigenvalue weighted by molar-refractivity contribution is -0.0501. The van der Waals surface area contributed by atoms with Crippen LogP contribution < -0.4 is 29.8 Å². The van der Waals surface area contributed by atoms with Crippen LogP contribution in [-0.2, 0) is 36.0 Å². The first-order valence-corrected chi connectivity index (χ1v) is 21.5. The van der Waals surface area contributed by atoms with Gasteiger partial charge in [0.1, 0.15) is 11.5 Å². The van der Waals surface area contributed by atoms with Crippen LogP contribution in [-0.4, -0.2) is 101 Å². The number of nitrogens with one attached hydrogen (secondary N) is 4. The van der Waals surface area contributed by atoms with Crippen molar-refractivity contribution in [3.05, 3.63) is 130 Å². The van der Waals surface area contributed by atoms with Crippen LogP contribution >= 0.6 is 23.2 Å². The van der Waals surface area contributed by atoms with Gasteiger partial charge in [-0.3, -0.25) is 10.2 Å². The molecule has 8 rings (SSSR count). The molecule has 0 radical (unpaired) electrons. The zero-order chi connectivity index (χ0) is 46.9. The van der Waals surface area contributed by atoms with Crippen molar-refractivity contribution < 1.29 is 54.9 Å². The van der Waals surface area contributed by atoms with Gasteiger partial charge in [0.25, 0.3) is 5.88 Å². The Morgan fingerprint density at radius 1 is 0.738 bits per heavy atom. The first-order valence-electron chi connectivity index (χ1n) is 19.3. The fourth-order valence-electron chi connectivity index (χ4n) is 6.43. The molecular formula is C41H40BCl2F3N8O9S. The van der Waals surface area contributed by atoms with Gasteiger partial charge in [-0.15, -0.1) is 5.10 Å². The molecule has 0 unspecified atom stereocenters. The van der Waals surface area contributed by atoms with Crippen LogP contribution in [0.15, 0.2) is 97.1 Å². The van der Waals surface area contributed by atoms with Crippen LogP contribution in [0.25, 0.3) is 11.3 Å². The van der Waals surface area contributed by atoms with Crippen LogP contribution in [0.3, 0.4) is 0 Å². The number of anilines is 2. The number of alkyl halides is 3. The van der Waals surface area contributed by atoms with E-state index in [1.165, 1.54) is 11.0 Å². The summed E-state index contributed by atoms with van der Waals surface area (Å²) in [6, 6.07) is 27.2. The number of benzene rings is 4. The number of methoxy groups -OCH3 is 2. The number of rotatable bonds is 8. The number of hydrogen-bond donors (Lipinski definition) is 6. The number of aromatic nitrogens is 4. The monoisotopic (exact) mass is 958 g/mol. The first-order chi connectivity index (χ1) is 30.9. The van der Waals surface area contributed by atoms with E-state index in [-0.39, 0.29) is 31.1 Å². The number of halogens is 5. The van der Waals surface area contributed by atoms with Crippen molar-refractivity contribution in [1.29, 1.82) is 0 Å². The lowest BCUT2D eigenvalue weighted by atomic mass is 9.80. The summed E-state index contributed by atoms with van der Waals surface area (Å²) in [7, 11) is -4.06. The van der Waals surface area contributed by atoms with Crippen molar-refractivity contribution in [1.82, 2.24) is 30.2 Å². The molecule has 4 aromatic carbocycles. The molecule has 0 bridgehead atoms. The number of urea groups is 2. The van der Waals surface area contributed by atoms with Crippen LogP contribution in [0, 0.1) is 0 Å². The minimum atomic E-state index is -5.86. The van der Waals surface area contributed by atoms with Crippen LogP contribution in [0.5, 0.6) is 17.4 Å². The van der Waals surface area contributed by atoms with Gasteiger partial charge in [-0.1, -0.05) is 47.5 Å². The Balaban J connectivity index is 0.000000176. The van der Waals surface area contributed by atoms with Crippen molar-refractivity contribution in [2.75, 3.05) is 37.9 Å². The molecule has 0 saturated carbocycles. The second kappa shape index (κ2) is 21.0. The summed E-state index contributed by atoms with van der Waals surface area (Å²) in [5.41, 5.74) is 0.438. The molecule has 2 aromatic heterocycles. The molecule has 0 spiro atoms. The summed E-state index contributed by atoms with van der Waals surface area (Å²) >= 11 is 11.8. The summed E-state index contributed by atoms with van der Waals surface area (Å²) in [5, 5.41) is 37.4. The van der Waals surface area contributed by atoms with Gasteiger partial charge in [-0.05, 0) is 78.3 Å². The van der Waals surface area contributed by atoms with E-state index in [0.29, 0.717) is 51.4 Å². The summed E-state index contributed by atoms with van der Waals surface area (Å²) in [4.78, 5) is 28.1. The lowest BCUT2D eigenvalue weighted by Crippen LogP contribution is -2.39. The fraction of sp³-hybridized carbons (Fsp3) is 0.220. The smallest absolute Gasteiger partial charge is 0.497 e. The van der Waals surface area contributed by atoms with Crippen LogP contribution in [0.4, 0.5) is 34.1 Å². The van der Waals surface area contributed by atoms with E-state index in [9.17, 15) is 31.2 Å². The van der Waals surface area contributed by atoms with E-state index in [1.54, 1.807) is 73.7 Å². The standard InChI is InChI=1S/C20H19ClN4O2.C14H12ClF3N4O4S.C7H9BO3/c1-27-16-7-5-13(6-8-16)19-17-12-25(10-9-18(17)23-24-19)20(26)22-15-4-2-3-14(21)11-15;15-8-2-1-3-9(6-8)19-13(23)22-5-4-11-10(7-22)12(21-20-11)26-27(24,25)14(16,17)18;1-11-7-4-2-6(3-5-7)8(9)10/h2-8,11H,9-10,12H2,1H3,(H,22,26)(H,23,24);1-3,6H,4-5,7H2,(H,19,23)(H,20,21);2-5,9-10H,1H3. The Morgan fingerprint density at radius 2 is 1.22 bits per heavy atom. The molecular weight excluding hydrogens is 919 g/mol. The van der Waals surface area contributed by atoms with Gasteiger partial charge in [0.05, 0.1) is 38.6 Å². The van der Waals surface area contributed by atoms with Crippen molar-refractivity contribution in [3.63, 3.8) is 0 Å². The summed E-state index contributed by atoms with van der Waals surface area (Å²) < 4.78 is 74.1. The number of carbonyl (C=O) groups excluding carboxylic acids is 2. The number of fused-ring (bicyclic) bond motifs is 2. The molecule has 4 amide bonds. The third-order valence-corrected chi connectivity index (χ3v) is 11.2. The fourth-order valence-corrected chi connectivity index (χ4v) is 7.25. The van der Waals surface area contributed by atoms with E-state index in [4.69, 9.17) is 42.7 Å². The lowest BCUT2D eigenvalue weighted by Gasteiger charge is -2.27. The van der Waals surface area contributed by atoms with Gasteiger partial charge in [0.2, 0.25) is 0 Å². The highest BCUT2D eigenvalue weighted by Gasteiger charge is 2.49. The Hall–Kier alpha value is -6.46. The normalized spacial score (nSPS) is 13.1. The molecule has 17 nitrogen and oxygen atoms in total. The number of carbonyl (C=O) groups is 2. The number of ether oxygens (including phenoxy) is 2. The van der Waals surface area contributed by atoms with E-state index in [1.807, 2.05) is 36.4 Å². The Bertz CT molecular complexity index is 2710. The number of hydrogen-bond acceptors (Lipinski definition) is 11. The quantitative estimate of drug-likeness (QED) is 0.0543. The number of H-pyrrole nitrogens is 2. The molecule has 0 fully saturated rings. The van der Waals surface area contributed by atoms with Gasteiger partial charge >= 0.3 is 34.8 Å². The van der Waals surface area contributed by atoms with E-state index < -0.39 is 34.7 Å². The third kappa shape index (κ3) is 12.4. The van der Waals surface area contributed by atoms with Gasteiger partial charge in [-0.25, -0.2) is 9.59 Å². The van der Waals surface area contributed by atoms with Crippen molar-refractivity contribution in [2.24, 2.45) is 0 Å². The minimum Gasteiger partial charge on any atom is -0.497 e. The molecule has 6 N–H and O–H groups in total. The highest BCUT2D eigenvalue weighted by molar-refractivity contribution is 7.88. The number of nitrogens with zero attached hydrogens (tertiary/aromatic N) is 4. The third-order valence-electron chi connectivity index (χ3n) is 9.80. The number of amides is 4. The summed E-state index contributed by atoms with van der Waals surface area (Å²) in [5.74, 6) is 0.766. The second-order valence-corrected chi connectivity index (χ2v) is 16.5. The van der Waals surface area contributed by atoms with Crippen LogP contribution in [0.1, 0.15) is 22.5 Å². The average molecular weight is 960 g/mol. The van der Waals surface area contributed by atoms with Crippen molar-refractivity contribution in [3.8, 4) is 28.6 Å². The van der Waals surface area contributed by atoms with Gasteiger partial charge in [-0.2, -0.15) is 26.7 Å². The first kappa shape index (κ1) is 48.0. The molecule has 24 heteroatoms. The predicted octanol–water partition coefficient (Wildman–Crippen LogP) is 6.59. The Labute approximate surface area is 380 Å². The molecule has 6 aromatic rings.